The van der Waals surface area contributed by atoms with Crippen LogP contribution in [-0.2, 0) is 9.84 Å². The molecule has 0 aliphatic carbocycles. The Morgan fingerprint density at radius 3 is 2.57 bits per heavy atom. The number of imidazole rings is 1. The van der Waals surface area contributed by atoms with Crippen LogP contribution in [0, 0.1) is 5.82 Å². The van der Waals surface area contributed by atoms with E-state index in [9.17, 15) is 12.8 Å². The lowest BCUT2D eigenvalue weighted by Gasteiger charge is -2.17. The fraction of sp³-hybridized carbons (Fsp3) is 0.462. The normalized spacial score (nSPS) is 15.3. The Morgan fingerprint density at radius 1 is 1.43 bits per heavy atom. The summed E-state index contributed by atoms with van der Waals surface area (Å²) >= 11 is 9.26. The summed E-state index contributed by atoms with van der Waals surface area (Å²) in [6, 6.07) is 2.52. The van der Waals surface area contributed by atoms with Crippen molar-refractivity contribution in [1.82, 2.24) is 9.55 Å². The molecule has 0 N–H and O–H groups in total. The van der Waals surface area contributed by atoms with Gasteiger partial charge < -0.3 is 4.57 Å². The van der Waals surface area contributed by atoms with E-state index in [-0.39, 0.29) is 11.8 Å². The van der Waals surface area contributed by atoms with E-state index in [0.717, 1.165) is 0 Å². The molecular formula is C13H15BrClFN2O2S. The van der Waals surface area contributed by atoms with Gasteiger partial charge in [-0.3, -0.25) is 0 Å². The van der Waals surface area contributed by atoms with Gasteiger partial charge in [0.15, 0.2) is 0 Å². The number of alkyl halides is 1. The molecule has 2 unspecified atom stereocenters. The lowest BCUT2D eigenvalue weighted by Crippen LogP contribution is -2.18. The Kier molecular flexibility index (Phi) is 4.66. The molecule has 0 saturated carbocycles. The van der Waals surface area contributed by atoms with Crippen LogP contribution in [0.3, 0.4) is 0 Å². The molecule has 1 aromatic carbocycles. The Hall–Kier alpha value is -0.660. The molecule has 8 heteroatoms. The largest absolute Gasteiger partial charge is 0.323 e. The first-order valence-electron chi connectivity index (χ1n) is 6.29. The highest BCUT2D eigenvalue weighted by molar-refractivity contribution is 9.10. The molecule has 0 amide bonds. The van der Waals surface area contributed by atoms with Crippen molar-refractivity contribution in [3.63, 3.8) is 0 Å². The van der Waals surface area contributed by atoms with Gasteiger partial charge in [0.25, 0.3) is 0 Å². The van der Waals surface area contributed by atoms with Crippen molar-refractivity contribution in [1.29, 1.82) is 0 Å². The lowest BCUT2D eigenvalue weighted by atomic mass is 10.2. The van der Waals surface area contributed by atoms with Gasteiger partial charge in [-0.25, -0.2) is 17.8 Å². The third-order valence-corrected chi connectivity index (χ3v) is 4.99. The topological polar surface area (TPSA) is 52.0 Å². The molecule has 1 aromatic heterocycles. The molecule has 0 spiro atoms. The second kappa shape index (κ2) is 5.85. The minimum Gasteiger partial charge on any atom is -0.323 e. The summed E-state index contributed by atoms with van der Waals surface area (Å²) in [4.78, 5) is 4.40. The Bertz CT molecular complexity index is 789. The number of hydrogen-bond acceptors (Lipinski definition) is 3. The van der Waals surface area contributed by atoms with E-state index in [0.29, 0.717) is 21.3 Å². The van der Waals surface area contributed by atoms with Gasteiger partial charge in [-0.05, 0) is 35.8 Å². The molecule has 0 aliphatic rings. The zero-order valence-electron chi connectivity index (χ0n) is 11.8. The zero-order valence-corrected chi connectivity index (χ0v) is 14.9. The molecule has 1 heterocycles. The van der Waals surface area contributed by atoms with Gasteiger partial charge >= 0.3 is 0 Å². The quantitative estimate of drug-likeness (QED) is 0.737. The minimum absolute atomic E-state index is 0.0627. The number of aromatic nitrogens is 2. The molecule has 0 fully saturated rings. The molecule has 2 atom stereocenters. The van der Waals surface area contributed by atoms with E-state index in [1.807, 2.05) is 0 Å². The van der Waals surface area contributed by atoms with Crippen LogP contribution < -0.4 is 0 Å². The van der Waals surface area contributed by atoms with Gasteiger partial charge in [0.05, 0.1) is 26.6 Å². The van der Waals surface area contributed by atoms with Gasteiger partial charge in [0.1, 0.15) is 21.5 Å². The summed E-state index contributed by atoms with van der Waals surface area (Å²) in [6.07, 6.45) is 1.17. The predicted molar refractivity (Wildman–Crippen MR) is 86.1 cm³/mol. The summed E-state index contributed by atoms with van der Waals surface area (Å²) in [5.41, 5.74) is 1.11. The Balaban J connectivity index is 2.69. The summed E-state index contributed by atoms with van der Waals surface area (Å²) in [5, 5.41) is -0.416. The molecule has 2 aromatic rings. The number of hydrogen-bond donors (Lipinski definition) is 0. The van der Waals surface area contributed by atoms with E-state index in [1.165, 1.54) is 12.3 Å². The predicted octanol–water partition coefficient (Wildman–Crippen LogP) is 3.84. The summed E-state index contributed by atoms with van der Waals surface area (Å²) in [5.74, 6) is 0.0385. The summed E-state index contributed by atoms with van der Waals surface area (Å²) < 4.78 is 38.9. The summed E-state index contributed by atoms with van der Waals surface area (Å²) in [7, 11) is -3.17. The maximum absolute atomic E-state index is 13.8. The van der Waals surface area contributed by atoms with Gasteiger partial charge in [-0.15, -0.1) is 11.6 Å². The van der Waals surface area contributed by atoms with E-state index in [1.54, 1.807) is 24.5 Å². The molecular weight excluding hydrogens is 383 g/mol. The van der Waals surface area contributed by atoms with Gasteiger partial charge in [0.2, 0.25) is 0 Å². The highest BCUT2D eigenvalue weighted by Gasteiger charge is 2.22. The first-order chi connectivity index (χ1) is 9.60. The number of nitrogens with zero attached hydrogens (tertiary/aromatic N) is 2. The molecule has 2 rings (SSSR count). The van der Waals surface area contributed by atoms with Crippen LogP contribution >= 0.6 is 27.5 Å². The molecule has 0 bridgehead atoms. The highest BCUT2D eigenvalue weighted by Crippen LogP contribution is 2.31. The van der Waals surface area contributed by atoms with E-state index < -0.39 is 21.0 Å². The summed E-state index contributed by atoms with van der Waals surface area (Å²) in [6.45, 7) is 3.50. The smallest absolute Gasteiger partial charge is 0.149 e. The van der Waals surface area contributed by atoms with Gasteiger partial charge in [0, 0.05) is 18.4 Å². The average Bonchev–Trinajstić information content (AvgIpc) is 2.66. The molecule has 116 valence electrons. The lowest BCUT2D eigenvalue weighted by molar-refractivity contribution is 0.554. The standard InChI is InChI=1S/C13H15BrClFN2O2S/c1-7(6-21(3,19)20)18-12-5-10(16)9(14)4-11(12)17-13(18)8(2)15/h4-5,7-8H,6H2,1-3H3. The van der Waals surface area contributed by atoms with Crippen molar-refractivity contribution in [3.8, 4) is 0 Å². The molecule has 0 aliphatic heterocycles. The van der Waals surface area contributed by atoms with Crippen LogP contribution in [0.1, 0.15) is 31.1 Å². The minimum atomic E-state index is -3.17. The van der Waals surface area contributed by atoms with E-state index >= 15 is 0 Å². The van der Waals surface area contributed by atoms with Gasteiger partial charge in [-0.2, -0.15) is 0 Å². The Labute approximate surface area is 136 Å². The van der Waals surface area contributed by atoms with E-state index in [4.69, 9.17) is 11.6 Å². The second-order valence-electron chi connectivity index (χ2n) is 5.15. The van der Waals surface area contributed by atoms with Gasteiger partial charge in [-0.1, -0.05) is 0 Å². The van der Waals surface area contributed by atoms with Crippen LogP contribution in [0.25, 0.3) is 11.0 Å². The van der Waals surface area contributed by atoms with Crippen LogP contribution in [0.4, 0.5) is 4.39 Å². The second-order valence-corrected chi connectivity index (χ2v) is 8.85. The van der Waals surface area contributed by atoms with Crippen molar-refractivity contribution >= 4 is 48.4 Å². The number of sulfone groups is 1. The molecule has 0 saturated heterocycles. The van der Waals surface area contributed by atoms with Crippen LogP contribution in [0.15, 0.2) is 16.6 Å². The first-order valence-corrected chi connectivity index (χ1v) is 9.58. The number of halogens is 3. The average molecular weight is 398 g/mol. The SMILES string of the molecule is CC(Cl)c1nc2cc(Br)c(F)cc2n1C(C)CS(C)(=O)=O. The van der Waals surface area contributed by atoms with Crippen molar-refractivity contribution in [3.05, 3.63) is 28.2 Å². The molecule has 4 nitrogen and oxygen atoms in total. The zero-order chi connectivity index (χ0) is 15.9. The molecule has 0 radical (unpaired) electrons. The van der Waals surface area contributed by atoms with Crippen molar-refractivity contribution in [2.75, 3.05) is 12.0 Å². The first kappa shape index (κ1) is 16.7. The maximum atomic E-state index is 13.8. The number of rotatable bonds is 4. The van der Waals surface area contributed by atoms with Crippen molar-refractivity contribution in [2.24, 2.45) is 0 Å². The monoisotopic (exact) mass is 396 g/mol. The number of benzene rings is 1. The maximum Gasteiger partial charge on any atom is 0.149 e. The van der Waals surface area contributed by atoms with Crippen LogP contribution in [0.5, 0.6) is 0 Å². The highest BCUT2D eigenvalue weighted by atomic mass is 79.9. The number of fused-ring (bicyclic) bond motifs is 1. The van der Waals surface area contributed by atoms with Crippen LogP contribution in [-0.4, -0.2) is 30.0 Å². The fourth-order valence-electron chi connectivity index (χ4n) is 2.37. The van der Waals surface area contributed by atoms with E-state index in [2.05, 4.69) is 20.9 Å². The van der Waals surface area contributed by atoms with Crippen molar-refractivity contribution < 1.29 is 12.8 Å². The Morgan fingerprint density at radius 2 is 2.05 bits per heavy atom. The van der Waals surface area contributed by atoms with Crippen LogP contribution in [0.2, 0.25) is 0 Å². The van der Waals surface area contributed by atoms with Crippen molar-refractivity contribution in [2.45, 2.75) is 25.3 Å². The molecule has 21 heavy (non-hydrogen) atoms. The third kappa shape index (κ3) is 3.57. The third-order valence-electron chi connectivity index (χ3n) is 3.10. The fourth-order valence-corrected chi connectivity index (χ4v) is 3.88.